The molecule has 104 valence electrons. The zero-order valence-electron chi connectivity index (χ0n) is 10.5. The highest BCUT2D eigenvalue weighted by Crippen LogP contribution is 2.29. The lowest BCUT2D eigenvalue weighted by Gasteiger charge is -2.14. The monoisotopic (exact) mass is 339 g/mol. The molecule has 0 fully saturated rings. The lowest BCUT2D eigenvalue weighted by molar-refractivity contribution is -0.385. The molecule has 0 saturated carbocycles. The fourth-order valence-electron chi connectivity index (χ4n) is 1.71. The number of hydrogen-bond acceptors (Lipinski definition) is 4. The molecule has 0 saturated heterocycles. The van der Waals surface area contributed by atoms with Crippen LogP contribution in [0.15, 0.2) is 41.0 Å². The van der Waals surface area contributed by atoms with Crippen LogP contribution in [0.3, 0.4) is 0 Å². The summed E-state index contributed by atoms with van der Waals surface area (Å²) < 4.78 is 13.2. The molecule has 2 aromatic rings. The Morgan fingerprint density at radius 3 is 2.75 bits per heavy atom. The van der Waals surface area contributed by atoms with E-state index < -0.39 is 10.7 Å². The molecular weight excluding hydrogens is 329 g/mol. The van der Waals surface area contributed by atoms with E-state index in [2.05, 4.69) is 26.2 Å². The third-order valence-electron chi connectivity index (χ3n) is 2.72. The van der Waals surface area contributed by atoms with Crippen molar-refractivity contribution in [2.24, 2.45) is 0 Å². The van der Waals surface area contributed by atoms with Crippen LogP contribution >= 0.6 is 15.9 Å². The fourth-order valence-corrected chi connectivity index (χ4v) is 2.10. The molecule has 0 radical (unpaired) electrons. The summed E-state index contributed by atoms with van der Waals surface area (Å²) in [6.45, 7) is 1.84. The van der Waals surface area contributed by atoms with Crippen molar-refractivity contribution in [2.45, 2.75) is 13.0 Å². The number of aromatic nitrogens is 1. The summed E-state index contributed by atoms with van der Waals surface area (Å²) in [6, 6.07) is 7.45. The molecule has 1 heterocycles. The summed E-state index contributed by atoms with van der Waals surface area (Å²) in [5.74, 6) is -0.403. The Labute approximate surface area is 123 Å². The number of pyridine rings is 1. The first-order chi connectivity index (χ1) is 9.47. The molecule has 2 rings (SSSR count). The molecule has 0 aliphatic rings. The summed E-state index contributed by atoms with van der Waals surface area (Å²) in [5.41, 5.74) is 1.23. The normalized spacial score (nSPS) is 11.9. The first-order valence-electron chi connectivity index (χ1n) is 5.79. The van der Waals surface area contributed by atoms with Gasteiger partial charge in [-0.2, -0.15) is 0 Å². The number of halogens is 2. The number of nitrogens with zero attached hydrogens (tertiary/aromatic N) is 2. The van der Waals surface area contributed by atoms with Crippen LogP contribution in [-0.2, 0) is 0 Å². The smallest absolute Gasteiger partial charge is 0.285 e. The first-order valence-corrected chi connectivity index (χ1v) is 6.58. The molecule has 1 atom stereocenters. The number of nitro benzene ring substituents is 1. The van der Waals surface area contributed by atoms with Gasteiger partial charge in [-0.1, -0.05) is 0 Å². The van der Waals surface area contributed by atoms with Crippen LogP contribution in [0, 0.1) is 15.9 Å². The van der Waals surface area contributed by atoms with Crippen LogP contribution in [0.4, 0.5) is 15.8 Å². The largest absolute Gasteiger partial charge is 0.377 e. The summed E-state index contributed by atoms with van der Waals surface area (Å²) in [5, 5.41) is 14.0. The molecule has 5 nitrogen and oxygen atoms in total. The van der Waals surface area contributed by atoms with E-state index in [4.69, 9.17) is 0 Å². The van der Waals surface area contributed by atoms with Crippen molar-refractivity contribution in [2.75, 3.05) is 5.32 Å². The fraction of sp³-hybridized carbons (Fsp3) is 0.154. The van der Waals surface area contributed by atoms with Crippen LogP contribution in [0.5, 0.6) is 0 Å². The van der Waals surface area contributed by atoms with Gasteiger partial charge in [0.15, 0.2) is 0 Å². The second kappa shape index (κ2) is 5.96. The number of anilines is 1. The van der Waals surface area contributed by atoms with Gasteiger partial charge in [-0.15, -0.1) is 0 Å². The summed E-state index contributed by atoms with van der Waals surface area (Å²) in [4.78, 5) is 14.4. The first kappa shape index (κ1) is 14.4. The molecule has 0 bridgehead atoms. The van der Waals surface area contributed by atoms with Gasteiger partial charge in [0.1, 0.15) is 5.82 Å². The summed E-state index contributed by atoms with van der Waals surface area (Å²) >= 11 is 3.13. The van der Waals surface area contributed by atoms with E-state index in [1.54, 1.807) is 18.2 Å². The Kier molecular flexibility index (Phi) is 4.29. The Bertz CT molecular complexity index is 634. The van der Waals surface area contributed by atoms with Crippen molar-refractivity contribution >= 4 is 27.3 Å². The standard InChI is InChI=1S/C13H11BrFN3O2/c1-8(12-5-2-9(15)7-16-12)17-10-3-4-11(14)13(6-10)18(19)20/h2-8,17H,1H3. The Morgan fingerprint density at radius 2 is 2.15 bits per heavy atom. The SMILES string of the molecule is CC(Nc1ccc(Br)c([N+](=O)[O-])c1)c1ccc(F)cn1. The van der Waals surface area contributed by atoms with Crippen molar-refractivity contribution in [1.82, 2.24) is 4.98 Å². The molecular formula is C13H11BrFN3O2. The van der Waals surface area contributed by atoms with Gasteiger partial charge in [-0.3, -0.25) is 15.1 Å². The van der Waals surface area contributed by atoms with Gasteiger partial charge < -0.3 is 5.32 Å². The number of nitrogens with one attached hydrogen (secondary N) is 1. The highest BCUT2D eigenvalue weighted by Gasteiger charge is 2.14. The van der Waals surface area contributed by atoms with Crippen molar-refractivity contribution in [3.63, 3.8) is 0 Å². The second-order valence-electron chi connectivity index (χ2n) is 4.19. The van der Waals surface area contributed by atoms with Gasteiger partial charge in [-0.25, -0.2) is 4.39 Å². The molecule has 0 amide bonds. The molecule has 20 heavy (non-hydrogen) atoms. The molecule has 1 unspecified atom stereocenters. The van der Waals surface area contributed by atoms with E-state index in [1.165, 1.54) is 12.1 Å². The minimum absolute atomic E-state index is 0.0192. The van der Waals surface area contributed by atoms with E-state index >= 15 is 0 Å². The predicted molar refractivity (Wildman–Crippen MR) is 77.0 cm³/mol. The van der Waals surface area contributed by atoms with Crippen molar-refractivity contribution < 1.29 is 9.31 Å². The summed E-state index contributed by atoms with van der Waals surface area (Å²) in [7, 11) is 0. The van der Waals surface area contributed by atoms with Crippen molar-refractivity contribution in [3.8, 4) is 0 Å². The highest BCUT2D eigenvalue weighted by atomic mass is 79.9. The van der Waals surface area contributed by atoms with E-state index in [9.17, 15) is 14.5 Å². The van der Waals surface area contributed by atoms with Crippen LogP contribution in [0.25, 0.3) is 0 Å². The van der Waals surface area contributed by atoms with E-state index in [-0.39, 0.29) is 11.7 Å². The Balaban J connectivity index is 2.19. The molecule has 1 aromatic heterocycles. The molecule has 0 aliphatic heterocycles. The molecule has 7 heteroatoms. The maximum atomic E-state index is 12.8. The van der Waals surface area contributed by atoms with Crippen LogP contribution in [-0.4, -0.2) is 9.91 Å². The van der Waals surface area contributed by atoms with Crippen LogP contribution in [0.2, 0.25) is 0 Å². The maximum Gasteiger partial charge on any atom is 0.285 e. The molecule has 0 aliphatic carbocycles. The quantitative estimate of drug-likeness (QED) is 0.673. The van der Waals surface area contributed by atoms with Gasteiger partial charge in [0.25, 0.3) is 5.69 Å². The maximum absolute atomic E-state index is 12.8. The van der Waals surface area contributed by atoms with Crippen molar-refractivity contribution in [1.29, 1.82) is 0 Å². The van der Waals surface area contributed by atoms with E-state index in [1.807, 2.05) is 6.92 Å². The lowest BCUT2D eigenvalue weighted by Crippen LogP contribution is -2.08. The van der Waals surface area contributed by atoms with Crippen molar-refractivity contribution in [3.05, 3.63) is 62.6 Å². The Morgan fingerprint density at radius 1 is 1.40 bits per heavy atom. The minimum atomic E-state index is -0.462. The van der Waals surface area contributed by atoms with Gasteiger partial charge in [0.2, 0.25) is 0 Å². The van der Waals surface area contributed by atoms with Gasteiger partial charge in [0.05, 0.1) is 27.3 Å². The van der Waals surface area contributed by atoms with Crippen LogP contribution in [0.1, 0.15) is 18.7 Å². The molecule has 1 N–H and O–H groups in total. The average Bonchev–Trinajstić information content (AvgIpc) is 2.41. The average molecular weight is 340 g/mol. The zero-order chi connectivity index (χ0) is 14.7. The van der Waals surface area contributed by atoms with Crippen LogP contribution < -0.4 is 5.32 Å². The van der Waals surface area contributed by atoms with E-state index in [0.717, 1.165) is 6.20 Å². The third kappa shape index (κ3) is 3.30. The third-order valence-corrected chi connectivity index (χ3v) is 3.39. The summed E-state index contributed by atoms with van der Waals surface area (Å²) in [6.07, 6.45) is 1.14. The topological polar surface area (TPSA) is 68.1 Å². The lowest BCUT2D eigenvalue weighted by atomic mass is 10.2. The number of nitro groups is 1. The minimum Gasteiger partial charge on any atom is -0.377 e. The number of hydrogen-bond donors (Lipinski definition) is 1. The molecule has 0 spiro atoms. The highest BCUT2D eigenvalue weighted by molar-refractivity contribution is 9.10. The van der Waals surface area contributed by atoms with Gasteiger partial charge in [0, 0.05) is 11.8 Å². The number of rotatable bonds is 4. The number of benzene rings is 1. The van der Waals surface area contributed by atoms with Gasteiger partial charge >= 0.3 is 0 Å². The van der Waals surface area contributed by atoms with Gasteiger partial charge in [-0.05, 0) is 47.1 Å². The Hall–Kier alpha value is -2.02. The van der Waals surface area contributed by atoms with E-state index in [0.29, 0.717) is 15.9 Å². The predicted octanol–water partition coefficient (Wildman–Crippen LogP) is 4.06. The zero-order valence-corrected chi connectivity index (χ0v) is 12.1. The second-order valence-corrected chi connectivity index (χ2v) is 5.04. The molecule has 1 aromatic carbocycles.